The fraction of sp³-hybridized carbons (Fsp3) is 0.360. The molecule has 0 unspecified atom stereocenters. The maximum atomic E-state index is 6.26. The molecule has 0 aliphatic rings. The number of hydrogen-bond acceptors (Lipinski definition) is 4. The van der Waals surface area contributed by atoms with Gasteiger partial charge in [-0.3, -0.25) is 0 Å². The summed E-state index contributed by atoms with van der Waals surface area (Å²) in [6, 6.07) is 10.1. The quantitative estimate of drug-likeness (QED) is 0.237. The summed E-state index contributed by atoms with van der Waals surface area (Å²) in [5.74, 6) is 1.46. The zero-order valence-electron chi connectivity index (χ0n) is 19.0. The third-order valence-electron chi connectivity index (χ3n) is 5.51. The fourth-order valence-corrected chi connectivity index (χ4v) is 6.33. The molecule has 0 saturated heterocycles. The second-order valence-corrected chi connectivity index (χ2v) is 11.0. The number of nitrogens with zero attached hydrogens (tertiary/aromatic N) is 3. The van der Waals surface area contributed by atoms with E-state index in [4.69, 9.17) is 21.6 Å². The van der Waals surface area contributed by atoms with Gasteiger partial charge in [0.15, 0.2) is 5.82 Å². The summed E-state index contributed by atoms with van der Waals surface area (Å²) in [6.07, 6.45) is 6.14. The lowest BCUT2D eigenvalue weighted by Gasteiger charge is -2.20. The van der Waals surface area contributed by atoms with Crippen LogP contribution in [0.25, 0.3) is 23.1 Å². The van der Waals surface area contributed by atoms with Gasteiger partial charge in [-0.15, -0.1) is 0 Å². The van der Waals surface area contributed by atoms with Crippen molar-refractivity contribution in [2.24, 2.45) is 0 Å². The lowest BCUT2D eigenvalue weighted by molar-refractivity contribution is 0.295. The molecule has 1 heterocycles. The van der Waals surface area contributed by atoms with E-state index in [1.54, 1.807) is 0 Å². The molecule has 2 aromatic carbocycles. The molecule has 0 aliphatic carbocycles. The Morgan fingerprint density at radius 1 is 1.03 bits per heavy atom. The Morgan fingerprint density at radius 2 is 1.73 bits per heavy atom. The van der Waals surface area contributed by atoms with Gasteiger partial charge in [0, 0.05) is 35.4 Å². The van der Waals surface area contributed by atoms with Crippen LogP contribution in [-0.4, -0.2) is 40.5 Å². The Morgan fingerprint density at radius 3 is 2.39 bits per heavy atom. The summed E-state index contributed by atoms with van der Waals surface area (Å²) in [7, 11) is 0. The first kappa shape index (κ1) is 26.6. The van der Waals surface area contributed by atoms with Gasteiger partial charge >= 0.3 is 0 Å². The Balaban J connectivity index is 1.86. The van der Waals surface area contributed by atoms with Gasteiger partial charge in [-0.2, -0.15) is 0 Å². The third-order valence-corrected chi connectivity index (χ3v) is 7.51. The highest BCUT2D eigenvalue weighted by molar-refractivity contribution is 9.11. The predicted molar refractivity (Wildman–Crippen MR) is 153 cm³/mol. The van der Waals surface area contributed by atoms with Crippen LogP contribution in [0.4, 0.5) is 5.82 Å². The Kier molecular flexibility index (Phi) is 10.2. The van der Waals surface area contributed by atoms with E-state index >= 15 is 0 Å². The first-order valence-electron chi connectivity index (χ1n) is 11.1. The first-order valence-corrected chi connectivity index (χ1v) is 13.8. The molecule has 1 aromatic heterocycles. The molecular formula is C25H28Br3ClN4. The number of hydrogen-bond donors (Lipinski definition) is 1. The van der Waals surface area contributed by atoms with Crippen LogP contribution in [0.3, 0.4) is 0 Å². The van der Waals surface area contributed by atoms with E-state index in [-0.39, 0.29) is 0 Å². The van der Waals surface area contributed by atoms with E-state index in [1.807, 2.05) is 42.5 Å². The molecule has 0 amide bonds. The lowest BCUT2D eigenvalue weighted by Crippen LogP contribution is -2.25. The van der Waals surface area contributed by atoms with Crippen LogP contribution < -0.4 is 5.32 Å². The van der Waals surface area contributed by atoms with Crippen molar-refractivity contribution in [3.8, 4) is 0 Å². The Bertz CT molecular complexity index is 1110. The van der Waals surface area contributed by atoms with Gasteiger partial charge < -0.3 is 10.2 Å². The second-order valence-electron chi connectivity index (χ2n) is 7.92. The van der Waals surface area contributed by atoms with Crippen LogP contribution in [-0.2, 0) is 0 Å². The smallest absolute Gasteiger partial charge is 0.154 e. The minimum absolute atomic E-state index is 0.293. The van der Waals surface area contributed by atoms with Crippen molar-refractivity contribution in [3.63, 3.8) is 0 Å². The number of nitrogens with one attached hydrogen (secondary N) is 1. The van der Waals surface area contributed by atoms with Crippen LogP contribution in [0.5, 0.6) is 0 Å². The van der Waals surface area contributed by atoms with Crippen molar-refractivity contribution >= 4 is 88.3 Å². The van der Waals surface area contributed by atoms with Crippen LogP contribution >= 0.6 is 59.4 Å². The molecule has 0 fully saturated rings. The van der Waals surface area contributed by atoms with Crippen molar-refractivity contribution in [1.82, 2.24) is 14.9 Å². The number of halogens is 4. The maximum Gasteiger partial charge on any atom is 0.154 e. The summed E-state index contributed by atoms with van der Waals surface area (Å²) in [6.45, 7) is 9.93. The van der Waals surface area contributed by atoms with Crippen molar-refractivity contribution in [2.75, 3.05) is 25.0 Å². The summed E-state index contributed by atoms with van der Waals surface area (Å²) in [5.41, 5.74) is 1.84. The Labute approximate surface area is 226 Å². The van der Waals surface area contributed by atoms with Gasteiger partial charge in [0.25, 0.3) is 0 Å². The summed E-state index contributed by atoms with van der Waals surface area (Å²) in [5, 5.41) is 5.24. The molecule has 0 saturated carbocycles. The van der Waals surface area contributed by atoms with Crippen molar-refractivity contribution in [1.29, 1.82) is 0 Å². The molecule has 33 heavy (non-hydrogen) atoms. The molecule has 1 atom stereocenters. The van der Waals surface area contributed by atoms with E-state index in [2.05, 4.69) is 78.8 Å². The molecule has 0 radical (unpaired) electrons. The van der Waals surface area contributed by atoms with E-state index in [9.17, 15) is 0 Å². The number of anilines is 1. The van der Waals surface area contributed by atoms with Crippen molar-refractivity contribution < 1.29 is 0 Å². The summed E-state index contributed by atoms with van der Waals surface area (Å²) in [4.78, 5) is 12.0. The lowest BCUT2D eigenvalue weighted by atomic mass is 10.1. The monoisotopic (exact) mass is 656 g/mol. The van der Waals surface area contributed by atoms with Gasteiger partial charge in [-0.05, 0) is 81.9 Å². The standard InChI is InChI=1S/C25H28Br3ClN4/c1-4-33(5-2)12-6-7-16(3)30-25-20-9-8-18(29)15-23(20)31-24(32-25)11-10-19-21(27)13-17(26)14-22(19)28/h8-11,13-16H,4-7,12H2,1-3H3,(H,30,31,32)/b11-10+/t16-/m0/s1. The molecular weight excluding hydrogens is 631 g/mol. The first-order chi connectivity index (χ1) is 15.8. The minimum atomic E-state index is 0.293. The SMILES string of the molecule is CCN(CC)CCC[C@H](C)Nc1nc(/C=C/c2c(Br)cc(Br)cc2Br)nc2cc(Cl)ccc12. The third kappa shape index (κ3) is 7.49. The van der Waals surface area contributed by atoms with E-state index in [1.165, 1.54) is 0 Å². The maximum absolute atomic E-state index is 6.26. The molecule has 4 nitrogen and oxygen atoms in total. The number of aromatic nitrogens is 2. The van der Waals surface area contributed by atoms with Gasteiger partial charge in [0.1, 0.15) is 5.82 Å². The average molecular weight is 660 g/mol. The molecule has 3 aromatic rings. The normalized spacial score (nSPS) is 12.7. The average Bonchev–Trinajstić information content (AvgIpc) is 2.75. The van der Waals surface area contributed by atoms with E-state index in [0.717, 1.165) is 68.2 Å². The molecule has 0 spiro atoms. The van der Waals surface area contributed by atoms with Crippen LogP contribution in [0.2, 0.25) is 5.02 Å². The molecule has 0 aliphatic heterocycles. The number of fused-ring (bicyclic) bond motifs is 1. The predicted octanol–water partition coefficient (Wildman–Crippen LogP) is 8.66. The van der Waals surface area contributed by atoms with Crippen LogP contribution in [0.15, 0.2) is 43.7 Å². The number of rotatable bonds is 10. The minimum Gasteiger partial charge on any atom is -0.367 e. The van der Waals surface area contributed by atoms with Crippen LogP contribution in [0.1, 0.15) is 45.0 Å². The summed E-state index contributed by atoms with van der Waals surface area (Å²) >= 11 is 17.0. The van der Waals surface area contributed by atoms with Crippen molar-refractivity contribution in [2.45, 2.75) is 39.7 Å². The molecule has 3 rings (SSSR count). The van der Waals surface area contributed by atoms with Gasteiger partial charge in [-0.25, -0.2) is 9.97 Å². The highest BCUT2D eigenvalue weighted by Crippen LogP contribution is 2.31. The zero-order chi connectivity index (χ0) is 24.0. The van der Waals surface area contributed by atoms with E-state index in [0.29, 0.717) is 16.9 Å². The molecule has 176 valence electrons. The molecule has 0 bridgehead atoms. The van der Waals surface area contributed by atoms with E-state index < -0.39 is 0 Å². The molecule has 8 heteroatoms. The summed E-state index contributed by atoms with van der Waals surface area (Å²) < 4.78 is 2.95. The highest BCUT2D eigenvalue weighted by atomic mass is 79.9. The van der Waals surface area contributed by atoms with Gasteiger partial charge in [0.05, 0.1) is 5.52 Å². The van der Waals surface area contributed by atoms with Gasteiger partial charge in [0.2, 0.25) is 0 Å². The second kappa shape index (κ2) is 12.6. The van der Waals surface area contributed by atoms with Crippen molar-refractivity contribution in [3.05, 3.63) is 60.2 Å². The largest absolute Gasteiger partial charge is 0.367 e. The highest BCUT2D eigenvalue weighted by Gasteiger charge is 2.11. The topological polar surface area (TPSA) is 41.0 Å². The Hall–Kier alpha value is -0.990. The molecule has 1 N–H and O–H groups in total. The van der Waals surface area contributed by atoms with Crippen LogP contribution in [0, 0.1) is 0 Å². The zero-order valence-corrected chi connectivity index (χ0v) is 24.5. The fourth-order valence-electron chi connectivity index (χ4n) is 3.64. The van der Waals surface area contributed by atoms with Gasteiger partial charge in [-0.1, -0.05) is 73.2 Å². The number of benzene rings is 2.